The minimum atomic E-state index is -3.39. The van der Waals surface area contributed by atoms with Gasteiger partial charge in [0.25, 0.3) is 10.2 Å². The molecule has 0 unspecified atom stereocenters. The monoisotopic (exact) mass is 263 g/mol. The van der Waals surface area contributed by atoms with E-state index in [0.29, 0.717) is 19.7 Å². The Balaban J connectivity index is 2.40. The minimum absolute atomic E-state index is 0.354. The second kappa shape index (κ2) is 7.07. The highest BCUT2D eigenvalue weighted by Gasteiger charge is 2.17. The largest absolute Gasteiger partial charge is 0.383 e. The van der Waals surface area contributed by atoms with Gasteiger partial charge in [0, 0.05) is 33.8 Å². The molecule has 0 radical (unpaired) electrons. The molecule has 7 heteroatoms. The van der Waals surface area contributed by atoms with Crippen LogP contribution in [0, 0.1) is 0 Å². The minimum Gasteiger partial charge on any atom is -0.383 e. The number of hydrogen-bond donors (Lipinski definition) is 2. The average Bonchev–Trinajstić information content (AvgIpc) is 2.35. The summed E-state index contributed by atoms with van der Waals surface area (Å²) in [6, 6.07) is 0. The van der Waals surface area contributed by atoms with Crippen molar-refractivity contribution in [2.75, 3.05) is 46.9 Å². The first kappa shape index (κ1) is 14.6. The summed E-state index contributed by atoms with van der Waals surface area (Å²) in [5, 5.41) is 3.18. The molecule has 0 fully saturated rings. The van der Waals surface area contributed by atoms with Gasteiger partial charge in [0.2, 0.25) is 0 Å². The third kappa shape index (κ3) is 5.13. The van der Waals surface area contributed by atoms with Crippen LogP contribution in [-0.4, -0.2) is 59.7 Å². The number of nitrogens with one attached hydrogen (secondary N) is 2. The highest BCUT2D eigenvalue weighted by atomic mass is 32.2. The summed E-state index contributed by atoms with van der Waals surface area (Å²) in [6.07, 6.45) is 2.92. The van der Waals surface area contributed by atoms with Crippen LogP contribution in [-0.2, 0) is 14.9 Å². The van der Waals surface area contributed by atoms with Crippen molar-refractivity contribution in [3.05, 3.63) is 11.6 Å². The lowest BCUT2D eigenvalue weighted by molar-refractivity contribution is 0.184. The molecular formula is C10H21N3O3S. The van der Waals surface area contributed by atoms with Gasteiger partial charge < -0.3 is 10.1 Å². The van der Waals surface area contributed by atoms with Crippen LogP contribution in [0.5, 0.6) is 0 Å². The summed E-state index contributed by atoms with van der Waals surface area (Å²) in [6.45, 7) is 2.86. The van der Waals surface area contributed by atoms with Crippen molar-refractivity contribution >= 4 is 10.2 Å². The van der Waals surface area contributed by atoms with E-state index in [0.717, 1.165) is 25.1 Å². The van der Waals surface area contributed by atoms with Gasteiger partial charge in [-0.05, 0) is 13.0 Å². The zero-order valence-corrected chi connectivity index (χ0v) is 11.2. The molecule has 2 N–H and O–H groups in total. The quantitative estimate of drug-likeness (QED) is 0.597. The number of hydrogen-bond acceptors (Lipinski definition) is 4. The molecule has 0 saturated carbocycles. The van der Waals surface area contributed by atoms with Gasteiger partial charge in [-0.15, -0.1) is 0 Å². The summed E-state index contributed by atoms with van der Waals surface area (Å²) in [5.74, 6) is 0. The molecule has 1 aliphatic rings. The molecule has 0 saturated heterocycles. The zero-order valence-electron chi connectivity index (χ0n) is 10.4. The maximum Gasteiger partial charge on any atom is 0.279 e. The SMILES string of the molecule is COCCN(C)S(=O)(=O)NCC1=CCNCC1. The number of nitrogens with zero attached hydrogens (tertiary/aromatic N) is 1. The molecule has 0 aromatic carbocycles. The van der Waals surface area contributed by atoms with Crippen LogP contribution in [0.3, 0.4) is 0 Å². The van der Waals surface area contributed by atoms with Gasteiger partial charge in [-0.25, -0.2) is 0 Å². The Bertz CT molecular complexity index is 354. The molecule has 0 amide bonds. The van der Waals surface area contributed by atoms with E-state index in [-0.39, 0.29) is 0 Å². The lowest BCUT2D eigenvalue weighted by atomic mass is 10.1. The van der Waals surface area contributed by atoms with Crippen molar-refractivity contribution in [1.82, 2.24) is 14.3 Å². The lowest BCUT2D eigenvalue weighted by Crippen LogP contribution is -2.41. The molecule has 0 aliphatic carbocycles. The Hall–Kier alpha value is -0.470. The fourth-order valence-electron chi connectivity index (χ4n) is 1.46. The van der Waals surface area contributed by atoms with Crippen molar-refractivity contribution in [3.63, 3.8) is 0 Å². The summed E-state index contributed by atoms with van der Waals surface area (Å²) < 4.78 is 32.3. The van der Waals surface area contributed by atoms with Crippen LogP contribution in [0.2, 0.25) is 0 Å². The number of rotatable bonds is 7. The lowest BCUT2D eigenvalue weighted by Gasteiger charge is -2.19. The Morgan fingerprint density at radius 1 is 1.59 bits per heavy atom. The van der Waals surface area contributed by atoms with Crippen LogP contribution in [0.1, 0.15) is 6.42 Å². The van der Waals surface area contributed by atoms with Crippen molar-refractivity contribution in [2.45, 2.75) is 6.42 Å². The molecule has 100 valence electrons. The van der Waals surface area contributed by atoms with E-state index in [4.69, 9.17) is 4.74 Å². The van der Waals surface area contributed by atoms with E-state index >= 15 is 0 Å². The maximum absolute atomic E-state index is 11.8. The molecule has 0 aromatic rings. The van der Waals surface area contributed by atoms with Crippen LogP contribution in [0.25, 0.3) is 0 Å². The number of likely N-dealkylation sites (N-methyl/N-ethyl adjacent to an activating group) is 1. The second-order valence-corrected chi connectivity index (χ2v) is 5.82. The molecule has 6 nitrogen and oxygen atoms in total. The summed E-state index contributed by atoms with van der Waals surface area (Å²) in [7, 11) is -0.301. The highest BCUT2D eigenvalue weighted by Crippen LogP contribution is 2.03. The Morgan fingerprint density at radius 2 is 2.35 bits per heavy atom. The first-order valence-electron chi connectivity index (χ1n) is 5.65. The number of methoxy groups -OCH3 is 1. The third-order valence-electron chi connectivity index (χ3n) is 2.66. The fraction of sp³-hybridized carbons (Fsp3) is 0.800. The van der Waals surface area contributed by atoms with Gasteiger partial charge >= 0.3 is 0 Å². The Morgan fingerprint density at radius 3 is 2.94 bits per heavy atom. The van der Waals surface area contributed by atoms with E-state index < -0.39 is 10.2 Å². The van der Waals surface area contributed by atoms with Gasteiger partial charge in [0.05, 0.1) is 6.61 Å². The maximum atomic E-state index is 11.8. The van der Waals surface area contributed by atoms with E-state index in [1.807, 2.05) is 6.08 Å². The first-order valence-corrected chi connectivity index (χ1v) is 7.09. The highest BCUT2D eigenvalue weighted by molar-refractivity contribution is 7.87. The van der Waals surface area contributed by atoms with Crippen LogP contribution < -0.4 is 10.0 Å². The normalized spacial score (nSPS) is 17.2. The van der Waals surface area contributed by atoms with Crippen LogP contribution in [0.4, 0.5) is 0 Å². The molecule has 0 bridgehead atoms. The van der Waals surface area contributed by atoms with E-state index in [9.17, 15) is 8.42 Å². The van der Waals surface area contributed by atoms with Crippen molar-refractivity contribution in [3.8, 4) is 0 Å². The molecule has 1 aliphatic heterocycles. The van der Waals surface area contributed by atoms with E-state index in [1.54, 1.807) is 7.11 Å². The van der Waals surface area contributed by atoms with Crippen molar-refractivity contribution in [2.24, 2.45) is 0 Å². The van der Waals surface area contributed by atoms with Crippen LogP contribution in [0.15, 0.2) is 11.6 Å². The molecule has 0 spiro atoms. The van der Waals surface area contributed by atoms with Crippen molar-refractivity contribution in [1.29, 1.82) is 0 Å². The van der Waals surface area contributed by atoms with Gasteiger partial charge in [-0.3, -0.25) is 0 Å². The molecule has 0 atom stereocenters. The number of ether oxygens (including phenoxy) is 1. The topological polar surface area (TPSA) is 70.7 Å². The van der Waals surface area contributed by atoms with Crippen LogP contribution >= 0.6 is 0 Å². The fourth-order valence-corrected chi connectivity index (χ4v) is 2.37. The predicted octanol–water partition coefficient (Wildman–Crippen LogP) is -0.681. The standard InChI is InChI=1S/C10H21N3O3S/c1-13(7-8-16-2)17(14,15)12-9-10-3-5-11-6-4-10/h3,11-12H,4-9H2,1-2H3. The molecular weight excluding hydrogens is 242 g/mol. The zero-order chi connectivity index (χ0) is 12.7. The smallest absolute Gasteiger partial charge is 0.279 e. The molecule has 17 heavy (non-hydrogen) atoms. The summed E-state index contributed by atoms with van der Waals surface area (Å²) in [5.41, 5.74) is 1.13. The van der Waals surface area contributed by atoms with E-state index in [2.05, 4.69) is 10.0 Å². The van der Waals surface area contributed by atoms with Gasteiger partial charge in [0.1, 0.15) is 0 Å². The molecule has 1 heterocycles. The summed E-state index contributed by atoms with van der Waals surface area (Å²) in [4.78, 5) is 0. The summed E-state index contributed by atoms with van der Waals surface area (Å²) >= 11 is 0. The van der Waals surface area contributed by atoms with Gasteiger partial charge in [-0.2, -0.15) is 17.4 Å². The Kier molecular flexibility index (Phi) is 6.07. The predicted molar refractivity (Wildman–Crippen MR) is 67.0 cm³/mol. The molecule has 1 rings (SSSR count). The van der Waals surface area contributed by atoms with Crippen molar-refractivity contribution < 1.29 is 13.2 Å². The third-order valence-corrected chi connectivity index (χ3v) is 4.17. The second-order valence-electron chi connectivity index (χ2n) is 3.96. The van der Waals surface area contributed by atoms with Gasteiger partial charge in [0.15, 0.2) is 0 Å². The average molecular weight is 263 g/mol. The van der Waals surface area contributed by atoms with E-state index in [1.165, 1.54) is 11.4 Å². The Labute approximate surface area is 103 Å². The van der Waals surface area contributed by atoms with Gasteiger partial charge in [-0.1, -0.05) is 11.6 Å². The first-order chi connectivity index (χ1) is 8.06. The molecule has 0 aromatic heterocycles.